The normalized spacial score (nSPS) is 16.2. The molecule has 1 aromatic rings. The topological polar surface area (TPSA) is 50.2 Å². The van der Waals surface area contributed by atoms with Crippen molar-refractivity contribution in [2.45, 2.75) is 25.8 Å². The van der Waals surface area contributed by atoms with Crippen LogP contribution in [-0.4, -0.2) is 40.2 Å². The highest BCUT2D eigenvalue weighted by Gasteiger charge is 2.15. The molecule has 1 saturated heterocycles. The number of aromatic nitrogens is 2. The number of amides is 1. The molecule has 1 aliphatic rings. The monoisotopic (exact) mass is 236 g/mol. The predicted molar refractivity (Wildman–Crippen MR) is 65.3 cm³/mol. The second-order valence-electron chi connectivity index (χ2n) is 4.53. The summed E-state index contributed by atoms with van der Waals surface area (Å²) in [5.41, 5.74) is 0.971. The summed E-state index contributed by atoms with van der Waals surface area (Å²) in [6.45, 7) is 2.91. The fraction of sp³-hybridized carbons (Fsp3) is 0.667. The summed E-state index contributed by atoms with van der Waals surface area (Å²) < 4.78 is 1.77. The molecular weight excluding hydrogens is 216 g/mol. The number of likely N-dealkylation sites (tertiary alicyclic amines) is 1. The maximum Gasteiger partial charge on any atom is 0.236 e. The third kappa shape index (κ3) is 3.56. The summed E-state index contributed by atoms with van der Waals surface area (Å²) in [5.74, 6) is 0.209. The predicted octanol–water partition coefficient (Wildman–Crippen LogP) is 0.522. The van der Waals surface area contributed by atoms with Gasteiger partial charge in [0.25, 0.3) is 0 Å². The van der Waals surface area contributed by atoms with Gasteiger partial charge in [0.05, 0.1) is 12.2 Å². The Morgan fingerprint density at radius 1 is 1.41 bits per heavy atom. The second-order valence-corrected chi connectivity index (χ2v) is 4.53. The van der Waals surface area contributed by atoms with Gasteiger partial charge >= 0.3 is 0 Å². The van der Waals surface area contributed by atoms with Crippen molar-refractivity contribution >= 4 is 5.91 Å². The number of carbonyl (C=O) groups excluding carboxylic acids is 1. The highest BCUT2D eigenvalue weighted by Crippen LogP contribution is 2.08. The molecule has 1 fully saturated rings. The van der Waals surface area contributed by atoms with Gasteiger partial charge in [0.2, 0.25) is 5.91 Å². The molecular formula is C12H20N4O. The van der Waals surface area contributed by atoms with E-state index in [2.05, 4.69) is 10.4 Å². The average Bonchev–Trinajstić information content (AvgIpc) is 2.76. The lowest BCUT2D eigenvalue weighted by Gasteiger charge is -2.26. The van der Waals surface area contributed by atoms with Crippen molar-refractivity contribution in [2.75, 3.05) is 19.6 Å². The number of rotatable bonds is 4. The van der Waals surface area contributed by atoms with Crippen LogP contribution in [-0.2, 0) is 18.4 Å². The van der Waals surface area contributed by atoms with Crippen LogP contribution in [0.25, 0.3) is 0 Å². The Morgan fingerprint density at radius 2 is 2.18 bits per heavy atom. The zero-order valence-corrected chi connectivity index (χ0v) is 10.4. The standard InChI is InChI=1S/C12H20N4O/c1-15-8-5-11(14-15)9-13-10-12(17)16-6-3-2-4-7-16/h5,8,13H,2-4,6-7,9-10H2,1H3. The van der Waals surface area contributed by atoms with Crippen LogP contribution in [0.4, 0.5) is 0 Å². The number of piperidine rings is 1. The van der Waals surface area contributed by atoms with Gasteiger partial charge in [-0.3, -0.25) is 9.48 Å². The number of nitrogens with zero attached hydrogens (tertiary/aromatic N) is 3. The van der Waals surface area contributed by atoms with E-state index in [-0.39, 0.29) is 5.91 Å². The van der Waals surface area contributed by atoms with Crippen LogP contribution in [0, 0.1) is 0 Å². The van der Waals surface area contributed by atoms with Crippen LogP contribution in [0.3, 0.4) is 0 Å². The molecule has 2 rings (SSSR count). The van der Waals surface area contributed by atoms with Gasteiger partial charge in [-0.1, -0.05) is 0 Å². The lowest BCUT2D eigenvalue weighted by molar-refractivity contribution is -0.131. The van der Waals surface area contributed by atoms with E-state index in [1.165, 1.54) is 6.42 Å². The molecule has 0 bridgehead atoms. The molecule has 0 unspecified atom stereocenters. The van der Waals surface area contributed by atoms with E-state index in [9.17, 15) is 4.79 Å². The van der Waals surface area contributed by atoms with Gasteiger partial charge in [0.1, 0.15) is 0 Å². The van der Waals surface area contributed by atoms with E-state index in [1.807, 2.05) is 24.2 Å². The van der Waals surface area contributed by atoms with Crippen molar-refractivity contribution in [1.82, 2.24) is 20.0 Å². The van der Waals surface area contributed by atoms with Gasteiger partial charge < -0.3 is 10.2 Å². The van der Waals surface area contributed by atoms with Gasteiger partial charge in [-0.05, 0) is 25.3 Å². The van der Waals surface area contributed by atoms with Crippen LogP contribution in [0.15, 0.2) is 12.3 Å². The molecule has 94 valence electrons. The van der Waals surface area contributed by atoms with Crippen molar-refractivity contribution in [3.63, 3.8) is 0 Å². The van der Waals surface area contributed by atoms with E-state index in [1.54, 1.807) is 4.68 Å². The Hall–Kier alpha value is -1.36. The van der Waals surface area contributed by atoms with E-state index >= 15 is 0 Å². The Balaban J connectivity index is 1.69. The van der Waals surface area contributed by atoms with E-state index in [4.69, 9.17) is 0 Å². The Bertz CT molecular complexity index is 368. The third-order valence-electron chi connectivity index (χ3n) is 3.06. The summed E-state index contributed by atoms with van der Waals surface area (Å²) in [6, 6.07) is 1.96. The largest absolute Gasteiger partial charge is 0.342 e. The molecule has 17 heavy (non-hydrogen) atoms. The molecule has 0 saturated carbocycles. The van der Waals surface area contributed by atoms with Crippen molar-refractivity contribution in [3.8, 4) is 0 Å². The first kappa shape index (κ1) is 12.1. The van der Waals surface area contributed by atoms with Gasteiger partial charge in [0, 0.05) is 32.9 Å². The van der Waals surface area contributed by atoms with E-state index < -0.39 is 0 Å². The second kappa shape index (κ2) is 5.82. The number of hydrogen-bond acceptors (Lipinski definition) is 3. The smallest absolute Gasteiger partial charge is 0.236 e. The van der Waals surface area contributed by atoms with E-state index in [0.29, 0.717) is 13.1 Å². The molecule has 0 aromatic carbocycles. The third-order valence-corrected chi connectivity index (χ3v) is 3.06. The molecule has 1 amide bonds. The van der Waals surface area contributed by atoms with Crippen molar-refractivity contribution < 1.29 is 4.79 Å². The fourth-order valence-corrected chi connectivity index (χ4v) is 2.11. The van der Waals surface area contributed by atoms with Gasteiger partial charge in [0.15, 0.2) is 0 Å². The maximum absolute atomic E-state index is 11.8. The van der Waals surface area contributed by atoms with Crippen molar-refractivity contribution in [2.24, 2.45) is 7.05 Å². The van der Waals surface area contributed by atoms with Gasteiger partial charge in [-0.15, -0.1) is 0 Å². The average molecular weight is 236 g/mol. The lowest BCUT2D eigenvalue weighted by Crippen LogP contribution is -2.41. The van der Waals surface area contributed by atoms with E-state index in [0.717, 1.165) is 31.6 Å². The Morgan fingerprint density at radius 3 is 2.82 bits per heavy atom. The zero-order chi connectivity index (χ0) is 12.1. The molecule has 0 spiro atoms. The minimum Gasteiger partial charge on any atom is -0.342 e. The fourth-order valence-electron chi connectivity index (χ4n) is 2.11. The summed E-state index contributed by atoms with van der Waals surface area (Å²) in [7, 11) is 1.89. The van der Waals surface area contributed by atoms with Crippen LogP contribution in [0.5, 0.6) is 0 Å². The number of carbonyl (C=O) groups is 1. The lowest BCUT2D eigenvalue weighted by atomic mass is 10.1. The van der Waals surface area contributed by atoms with Crippen LogP contribution in [0.2, 0.25) is 0 Å². The first-order chi connectivity index (χ1) is 8.25. The molecule has 5 nitrogen and oxygen atoms in total. The number of hydrogen-bond donors (Lipinski definition) is 1. The molecule has 0 atom stereocenters. The summed E-state index contributed by atoms with van der Waals surface area (Å²) >= 11 is 0. The Labute approximate surface area is 102 Å². The molecule has 1 aliphatic heterocycles. The van der Waals surface area contributed by atoms with Crippen molar-refractivity contribution in [1.29, 1.82) is 0 Å². The Kier molecular flexibility index (Phi) is 4.14. The maximum atomic E-state index is 11.8. The molecule has 1 N–H and O–H groups in total. The minimum atomic E-state index is 0.209. The van der Waals surface area contributed by atoms with Crippen molar-refractivity contribution in [3.05, 3.63) is 18.0 Å². The van der Waals surface area contributed by atoms with Crippen LogP contribution in [0.1, 0.15) is 25.0 Å². The first-order valence-corrected chi connectivity index (χ1v) is 6.23. The molecule has 2 heterocycles. The molecule has 0 aliphatic carbocycles. The highest BCUT2D eigenvalue weighted by molar-refractivity contribution is 5.78. The highest BCUT2D eigenvalue weighted by atomic mass is 16.2. The molecule has 1 aromatic heterocycles. The molecule has 5 heteroatoms. The quantitative estimate of drug-likeness (QED) is 0.829. The van der Waals surface area contributed by atoms with Crippen LogP contribution < -0.4 is 5.32 Å². The SMILES string of the molecule is Cn1ccc(CNCC(=O)N2CCCCC2)n1. The zero-order valence-electron chi connectivity index (χ0n) is 10.4. The minimum absolute atomic E-state index is 0.209. The van der Waals surface area contributed by atoms with Gasteiger partial charge in [-0.2, -0.15) is 5.10 Å². The number of aryl methyl sites for hydroxylation is 1. The molecule has 0 radical (unpaired) electrons. The van der Waals surface area contributed by atoms with Gasteiger partial charge in [-0.25, -0.2) is 0 Å². The number of nitrogens with one attached hydrogen (secondary N) is 1. The van der Waals surface area contributed by atoms with Crippen LogP contribution >= 0.6 is 0 Å². The summed E-state index contributed by atoms with van der Waals surface area (Å²) in [4.78, 5) is 13.8. The summed E-state index contributed by atoms with van der Waals surface area (Å²) in [5, 5.41) is 7.39. The first-order valence-electron chi connectivity index (χ1n) is 6.23. The summed E-state index contributed by atoms with van der Waals surface area (Å²) in [6.07, 6.45) is 5.45.